The van der Waals surface area contributed by atoms with Gasteiger partial charge in [0, 0.05) is 35.8 Å². The summed E-state index contributed by atoms with van der Waals surface area (Å²) in [4.78, 5) is 44.8. The second-order valence-electron chi connectivity index (χ2n) is 9.76. The fourth-order valence-electron chi connectivity index (χ4n) is 6.50. The van der Waals surface area contributed by atoms with Gasteiger partial charge >= 0.3 is 5.97 Å². The van der Waals surface area contributed by atoms with Crippen LogP contribution in [0.1, 0.15) is 44.9 Å². The van der Waals surface area contributed by atoms with E-state index in [1.54, 1.807) is 22.7 Å². The van der Waals surface area contributed by atoms with Gasteiger partial charge in [-0.15, -0.1) is 18.3 Å². The number of carbonyl (C=O) groups is 3. The Morgan fingerprint density at radius 2 is 2.00 bits per heavy atom. The van der Waals surface area contributed by atoms with Crippen LogP contribution in [0, 0.1) is 11.8 Å². The summed E-state index contributed by atoms with van der Waals surface area (Å²) in [5, 5.41) is 9.38. The number of aliphatic hydroxyl groups is 1. The molecule has 1 aliphatic carbocycles. The zero-order valence-corrected chi connectivity index (χ0v) is 22.0. The number of amides is 2. The molecule has 4 fully saturated rings. The molecule has 0 aromatic heterocycles. The topological polar surface area (TPSA) is 87.1 Å². The average molecular weight is 556 g/mol. The van der Waals surface area contributed by atoms with Crippen LogP contribution in [-0.4, -0.2) is 85.9 Å². The van der Waals surface area contributed by atoms with Crippen LogP contribution in [-0.2, 0) is 19.1 Å². The number of carbonyl (C=O) groups excluding carboxylic acids is 3. The molecule has 1 saturated carbocycles. The molecule has 3 aliphatic heterocycles. The minimum Gasteiger partial charge on any atom is -0.461 e. The van der Waals surface area contributed by atoms with Crippen LogP contribution < -0.4 is 0 Å². The van der Waals surface area contributed by atoms with Gasteiger partial charge in [-0.3, -0.25) is 14.4 Å². The number of nitrogens with zero attached hydrogens (tertiary/aromatic N) is 2. The minimum absolute atomic E-state index is 0.0125. The molecule has 3 heterocycles. The molecule has 6 atom stereocenters. The van der Waals surface area contributed by atoms with Crippen molar-refractivity contribution in [3.8, 4) is 0 Å². The monoisotopic (exact) mass is 554 g/mol. The van der Waals surface area contributed by atoms with Gasteiger partial charge in [-0.2, -0.15) is 0 Å². The summed E-state index contributed by atoms with van der Waals surface area (Å²) in [6.07, 6.45) is 9.60. The van der Waals surface area contributed by atoms with E-state index in [9.17, 15) is 19.5 Å². The SMILES string of the molecule is C=CCOC(=O)[C@H]1[C@H]2C(=O)N(CCCO)C(C(=O)N(CC=C)C3CCCCC3)C23CC(Br)[C@@H]1S3. The molecule has 3 unspecified atom stereocenters. The van der Waals surface area contributed by atoms with Crippen molar-refractivity contribution in [3.05, 3.63) is 25.3 Å². The maximum absolute atomic E-state index is 14.3. The van der Waals surface area contributed by atoms with E-state index in [4.69, 9.17) is 4.74 Å². The van der Waals surface area contributed by atoms with Crippen molar-refractivity contribution < 1.29 is 24.2 Å². The lowest BCUT2D eigenvalue weighted by molar-refractivity contribution is -0.153. The Morgan fingerprint density at radius 3 is 2.65 bits per heavy atom. The van der Waals surface area contributed by atoms with Crippen molar-refractivity contribution in [2.24, 2.45) is 11.8 Å². The van der Waals surface area contributed by atoms with E-state index in [1.165, 1.54) is 12.5 Å². The van der Waals surface area contributed by atoms with E-state index in [0.717, 1.165) is 25.7 Å². The van der Waals surface area contributed by atoms with E-state index >= 15 is 0 Å². The molecule has 3 saturated heterocycles. The van der Waals surface area contributed by atoms with Crippen molar-refractivity contribution in [2.75, 3.05) is 26.3 Å². The van der Waals surface area contributed by atoms with Crippen molar-refractivity contribution in [1.82, 2.24) is 9.80 Å². The van der Waals surface area contributed by atoms with Gasteiger partial charge in [-0.05, 0) is 25.7 Å². The fraction of sp³-hybridized carbons (Fsp3) is 0.720. The van der Waals surface area contributed by atoms with Crippen molar-refractivity contribution in [2.45, 2.75) is 71.9 Å². The molecular formula is C25H35BrN2O5S. The van der Waals surface area contributed by atoms with Crippen LogP contribution in [0.2, 0.25) is 0 Å². The molecule has 0 aromatic carbocycles. The summed E-state index contributed by atoms with van der Waals surface area (Å²) in [6, 6.07) is -0.521. The quantitative estimate of drug-likeness (QED) is 0.254. The summed E-state index contributed by atoms with van der Waals surface area (Å²) in [7, 11) is 0. The van der Waals surface area contributed by atoms with Crippen LogP contribution in [0.5, 0.6) is 0 Å². The van der Waals surface area contributed by atoms with Gasteiger partial charge in [-0.1, -0.05) is 53.9 Å². The second kappa shape index (κ2) is 10.7. The molecule has 2 bridgehead atoms. The number of thioether (sulfide) groups is 1. The lowest BCUT2D eigenvalue weighted by Crippen LogP contribution is -2.57. The Hall–Kier alpha value is -1.32. The zero-order chi connectivity index (χ0) is 24.5. The van der Waals surface area contributed by atoms with E-state index < -0.39 is 28.6 Å². The van der Waals surface area contributed by atoms with E-state index in [1.807, 2.05) is 4.90 Å². The van der Waals surface area contributed by atoms with Gasteiger partial charge in [0.05, 0.1) is 16.6 Å². The number of hydrogen-bond acceptors (Lipinski definition) is 6. The molecule has 0 aromatic rings. The Balaban J connectivity index is 1.72. The minimum atomic E-state index is -0.686. The molecule has 7 nitrogen and oxygen atoms in total. The Labute approximate surface area is 214 Å². The Kier molecular flexibility index (Phi) is 8.14. The number of rotatable bonds is 10. The summed E-state index contributed by atoms with van der Waals surface area (Å²) in [5.41, 5.74) is 0. The van der Waals surface area contributed by atoms with Gasteiger partial charge in [0.1, 0.15) is 12.6 Å². The normalized spacial score (nSPS) is 34.7. The van der Waals surface area contributed by atoms with Crippen LogP contribution >= 0.6 is 27.7 Å². The van der Waals surface area contributed by atoms with Gasteiger partial charge in [-0.25, -0.2) is 0 Å². The molecule has 188 valence electrons. The highest BCUT2D eigenvalue weighted by molar-refractivity contribution is 9.09. The van der Waals surface area contributed by atoms with Crippen molar-refractivity contribution >= 4 is 45.5 Å². The number of fused-ring (bicyclic) bond motifs is 1. The zero-order valence-electron chi connectivity index (χ0n) is 19.6. The standard InChI is InChI=1S/C25H35BrN2O5S/c1-3-11-27(16-9-6-5-7-10-16)23(31)21-25-15-17(26)20(34-25)18(24(32)33-14-4-2)19(25)22(30)28(21)12-8-13-29/h3-4,16-21,29H,1-2,5-15H2/t17?,18-,19-,20-,21?,25?/m0/s1. The van der Waals surface area contributed by atoms with Crippen LogP contribution in [0.15, 0.2) is 25.3 Å². The number of alkyl halides is 1. The Morgan fingerprint density at radius 1 is 1.26 bits per heavy atom. The number of halogens is 1. The maximum Gasteiger partial charge on any atom is 0.311 e. The van der Waals surface area contributed by atoms with Crippen molar-refractivity contribution in [3.63, 3.8) is 0 Å². The van der Waals surface area contributed by atoms with Crippen LogP contribution in [0.4, 0.5) is 0 Å². The third kappa shape index (κ3) is 4.26. The highest BCUT2D eigenvalue weighted by Gasteiger charge is 2.76. The lowest BCUT2D eigenvalue weighted by Gasteiger charge is -2.41. The van der Waals surface area contributed by atoms with Crippen LogP contribution in [0.3, 0.4) is 0 Å². The van der Waals surface area contributed by atoms with Crippen LogP contribution in [0.25, 0.3) is 0 Å². The van der Waals surface area contributed by atoms with E-state index in [0.29, 0.717) is 25.9 Å². The van der Waals surface area contributed by atoms with Crippen molar-refractivity contribution in [1.29, 1.82) is 0 Å². The fourth-order valence-corrected chi connectivity index (χ4v) is 10.1. The number of esters is 1. The number of aliphatic hydroxyl groups excluding tert-OH is 1. The van der Waals surface area contributed by atoms with Gasteiger partial charge in [0.15, 0.2) is 0 Å². The third-order valence-electron chi connectivity index (χ3n) is 7.82. The molecule has 9 heteroatoms. The maximum atomic E-state index is 14.3. The predicted octanol–water partition coefficient (Wildman–Crippen LogP) is 2.91. The first-order valence-corrected chi connectivity index (χ1v) is 14.1. The molecule has 1 spiro atoms. The summed E-state index contributed by atoms with van der Waals surface area (Å²) in [5.74, 6) is -1.81. The second-order valence-corrected chi connectivity index (χ2v) is 12.5. The summed E-state index contributed by atoms with van der Waals surface area (Å²) >= 11 is 5.37. The molecule has 4 rings (SSSR count). The number of ether oxygens (including phenoxy) is 1. The highest BCUT2D eigenvalue weighted by atomic mass is 79.9. The summed E-state index contributed by atoms with van der Waals surface area (Å²) in [6.45, 7) is 8.27. The third-order valence-corrected chi connectivity index (χ3v) is 11.0. The van der Waals surface area contributed by atoms with Gasteiger partial charge < -0.3 is 19.6 Å². The smallest absolute Gasteiger partial charge is 0.311 e. The summed E-state index contributed by atoms with van der Waals surface area (Å²) < 4.78 is 4.73. The first kappa shape index (κ1) is 25.8. The molecular weight excluding hydrogens is 520 g/mol. The van der Waals surface area contributed by atoms with Gasteiger partial charge in [0.25, 0.3) is 0 Å². The first-order valence-electron chi connectivity index (χ1n) is 12.3. The lowest BCUT2D eigenvalue weighted by atomic mass is 9.71. The molecule has 4 aliphatic rings. The Bertz CT molecular complexity index is 834. The molecule has 2 amide bonds. The number of hydrogen-bond donors (Lipinski definition) is 1. The highest BCUT2D eigenvalue weighted by Crippen LogP contribution is 2.68. The molecule has 0 radical (unpaired) electrons. The first-order chi connectivity index (χ1) is 16.4. The number of likely N-dealkylation sites (tertiary alicyclic amines) is 1. The van der Waals surface area contributed by atoms with Gasteiger partial charge in [0.2, 0.25) is 11.8 Å². The van der Waals surface area contributed by atoms with E-state index in [-0.39, 0.29) is 41.1 Å². The average Bonchev–Trinajstić information content (AvgIpc) is 3.43. The molecule has 34 heavy (non-hydrogen) atoms. The largest absolute Gasteiger partial charge is 0.461 e. The van der Waals surface area contributed by atoms with E-state index in [2.05, 4.69) is 29.1 Å². The molecule has 1 N–H and O–H groups in total. The predicted molar refractivity (Wildman–Crippen MR) is 136 cm³/mol.